The molecule has 1 aromatic rings. The minimum atomic E-state index is -3.72. The molecule has 7 nitrogen and oxygen atoms in total. The largest absolute Gasteiger partial charge is 0.359 e. The van der Waals surface area contributed by atoms with Gasteiger partial charge in [0.25, 0.3) is 11.8 Å². The average Bonchev–Trinajstić information content (AvgIpc) is 2.53. The standard InChI is InChI=1S/C9H13N3O4S/c1-4-5-10-8(13)7-6-12(2)11-9(7)16-17(3,14)15/h4,6H,1,5H2,2-3H3,(H,10,13). The molecule has 1 heterocycles. The SMILES string of the molecule is C=CCNC(=O)c1cn(C)nc1OS(C)(=O)=O. The van der Waals surface area contributed by atoms with Gasteiger partial charge in [-0.2, -0.15) is 8.42 Å². The van der Waals surface area contributed by atoms with E-state index < -0.39 is 16.0 Å². The molecule has 17 heavy (non-hydrogen) atoms. The minimum absolute atomic E-state index is 0.0553. The second-order valence-electron chi connectivity index (χ2n) is 3.31. The molecule has 0 aliphatic carbocycles. The third-order valence-corrected chi connectivity index (χ3v) is 2.14. The molecule has 1 N–H and O–H groups in total. The molecule has 0 aromatic carbocycles. The first-order valence-electron chi connectivity index (χ1n) is 4.65. The van der Waals surface area contributed by atoms with E-state index in [0.717, 1.165) is 6.26 Å². The Bertz CT molecular complexity index is 532. The zero-order valence-corrected chi connectivity index (χ0v) is 10.3. The predicted octanol–water partition coefficient (Wildman–Crippen LogP) is -0.326. The van der Waals surface area contributed by atoms with Gasteiger partial charge in [0.05, 0.1) is 6.26 Å². The molecule has 0 saturated heterocycles. The van der Waals surface area contributed by atoms with Crippen LogP contribution in [0.4, 0.5) is 0 Å². The number of carbonyl (C=O) groups is 1. The van der Waals surface area contributed by atoms with E-state index >= 15 is 0 Å². The Morgan fingerprint density at radius 1 is 1.71 bits per heavy atom. The Labute approximate surface area is 99.2 Å². The lowest BCUT2D eigenvalue weighted by atomic mass is 10.3. The van der Waals surface area contributed by atoms with Gasteiger partial charge in [-0.15, -0.1) is 11.7 Å². The van der Waals surface area contributed by atoms with Crippen LogP contribution in [0.1, 0.15) is 10.4 Å². The van der Waals surface area contributed by atoms with E-state index in [1.807, 2.05) is 0 Å². The van der Waals surface area contributed by atoms with Crippen LogP contribution in [0, 0.1) is 0 Å². The molecule has 1 aromatic heterocycles. The zero-order chi connectivity index (χ0) is 13.1. The fourth-order valence-corrected chi connectivity index (χ4v) is 1.50. The fraction of sp³-hybridized carbons (Fsp3) is 0.333. The van der Waals surface area contributed by atoms with Crippen LogP contribution in [0.3, 0.4) is 0 Å². The van der Waals surface area contributed by atoms with E-state index in [1.54, 1.807) is 7.05 Å². The number of nitrogens with zero attached hydrogens (tertiary/aromatic N) is 2. The molecule has 0 bridgehead atoms. The van der Waals surface area contributed by atoms with Crippen molar-refractivity contribution in [1.82, 2.24) is 15.1 Å². The van der Waals surface area contributed by atoms with Crippen molar-refractivity contribution in [3.05, 3.63) is 24.4 Å². The van der Waals surface area contributed by atoms with E-state index in [1.165, 1.54) is 17.0 Å². The van der Waals surface area contributed by atoms with Crippen molar-refractivity contribution in [3.8, 4) is 5.88 Å². The number of nitrogens with one attached hydrogen (secondary N) is 1. The quantitative estimate of drug-likeness (QED) is 0.578. The number of carbonyl (C=O) groups excluding carboxylic acids is 1. The predicted molar refractivity (Wildman–Crippen MR) is 61.2 cm³/mol. The highest BCUT2D eigenvalue weighted by Gasteiger charge is 2.19. The van der Waals surface area contributed by atoms with Crippen molar-refractivity contribution in [2.45, 2.75) is 0 Å². The van der Waals surface area contributed by atoms with Gasteiger partial charge >= 0.3 is 10.1 Å². The number of hydrogen-bond acceptors (Lipinski definition) is 5. The Morgan fingerprint density at radius 3 is 2.88 bits per heavy atom. The van der Waals surface area contributed by atoms with Crippen LogP contribution in [-0.4, -0.2) is 36.9 Å². The Morgan fingerprint density at radius 2 is 2.35 bits per heavy atom. The van der Waals surface area contributed by atoms with E-state index in [0.29, 0.717) is 0 Å². The summed E-state index contributed by atoms with van der Waals surface area (Å²) in [6, 6.07) is 0. The van der Waals surface area contributed by atoms with Gasteiger partial charge in [-0.05, 0) is 0 Å². The van der Waals surface area contributed by atoms with Gasteiger partial charge in [0.1, 0.15) is 5.56 Å². The summed E-state index contributed by atoms with van der Waals surface area (Å²) in [5.41, 5.74) is 0.0553. The lowest BCUT2D eigenvalue weighted by molar-refractivity contribution is 0.0956. The first kappa shape index (κ1) is 13.2. The molecule has 0 fully saturated rings. The van der Waals surface area contributed by atoms with Crippen LogP contribution in [-0.2, 0) is 17.2 Å². The summed E-state index contributed by atoms with van der Waals surface area (Å²) in [6.07, 6.45) is 3.76. The maximum absolute atomic E-state index is 11.6. The van der Waals surface area contributed by atoms with Crippen molar-refractivity contribution in [2.24, 2.45) is 7.05 Å². The molecule has 0 aliphatic rings. The van der Waals surface area contributed by atoms with Gasteiger partial charge in [0.2, 0.25) is 0 Å². The highest BCUT2D eigenvalue weighted by Crippen LogP contribution is 2.16. The highest BCUT2D eigenvalue weighted by atomic mass is 32.2. The molecule has 0 spiro atoms. The Hall–Kier alpha value is -1.83. The second-order valence-corrected chi connectivity index (χ2v) is 4.88. The Balaban J connectivity index is 2.99. The normalized spacial score (nSPS) is 10.9. The summed E-state index contributed by atoms with van der Waals surface area (Å²) in [6.45, 7) is 3.72. The van der Waals surface area contributed by atoms with Crippen molar-refractivity contribution < 1.29 is 17.4 Å². The van der Waals surface area contributed by atoms with Gasteiger partial charge in [-0.1, -0.05) is 6.08 Å². The summed E-state index contributed by atoms with van der Waals surface area (Å²) < 4.78 is 27.9. The van der Waals surface area contributed by atoms with Crippen LogP contribution < -0.4 is 9.50 Å². The molecule has 0 aliphatic heterocycles. The number of amides is 1. The molecule has 1 rings (SSSR count). The summed E-state index contributed by atoms with van der Waals surface area (Å²) >= 11 is 0. The highest BCUT2D eigenvalue weighted by molar-refractivity contribution is 7.86. The molecule has 1 amide bonds. The number of aromatic nitrogens is 2. The van der Waals surface area contributed by atoms with Crippen molar-refractivity contribution in [1.29, 1.82) is 0 Å². The Kier molecular flexibility index (Phi) is 3.89. The summed E-state index contributed by atoms with van der Waals surface area (Å²) in [4.78, 5) is 11.6. The van der Waals surface area contributed by atoms with E-state index in [2.05, 4.69) is 21.2 Å². The molecule has 94 valence electrons. The van der Waals surface area contributed by atoms with Gasteiger partial charge in [0.15, 0.2) is 0 Å². The monoisotopic (exact) mass is 259 g/mol. The van der Waals surface area contributed by atoms with Crippen LogP contribution in [0.15, 0.2) is 18.9 Å². The van der Waals surface area contributed by atoms with Crippen LogP contribution in [0.5, 0.6) is 5.88 Å². The molecule has 0 unspecified atom stereocenters. The third kappa shape index (κ3) is 3.91. The summed E-state index contributed by atoms with van der Waals surface area (Å²) in [5, 5.41) is 6.26. The first-order chi connectivity index (χ1) is 7.83. The smallest absolute Gasteiger partial charge is 0.307 e. The molecule has 0 radical (unpaired) electrons. The van der Waals surface area contributed by atoms with Gasteiger partial charge in [-0.3, -0.25) is 9.48 Å². The second kappa shape index (κ2) is 5.00. The van der Waals surface area contributed by atoms with Crippen molar-refractivity contribution in [3.63, 3.8) is 0 Å². The van der Waals surface area contributed by atoms with E-state index in [4.69, 9.17) is 0 Å². The molecule has 0 atom stereocenters. The van der Waals surface area contributed by atoms with E-state index in [9.17, 15) is 13.2 Å². The molecule has 0 saturated carbocycles. The van der Waals surface area contributed by atoms with Crippen molar-refractivity contribution in [2.75, 3.05) is 12.8 Å². The molecular weight excluding hydrogens is 246 g/mol. The summed E-state index contributed by atoms with van der Waals surface area (Å²) in [7, 11) is -2.16. The minimum Gasteiger partial charge on any atom is -0.359 e. The third-order valence-electron chi connectivity index (χ3n) is 1.68. The summed E-state index contributed by atoms with van der Waals surface area (Å²) in [5.74, 6) is -0.715. The van der Waals surface area contributed by atoms with Crippen LogP contribution >= 0.6 is 0 Å². The van der Waals surface area contributed by atoms with Crippen LogP contribution in [0.25, 0.3) is 0 Å². The van der Waals surface area contributed by atoms with Crippen molar-refractivity contribution >= 4 is 16.0 Å². The maximum Gasteiger partial charge on any atom is 0.307 e. The number of hydrogen-bond donors (Lipinski definition) is 1. The van der Waals surface area contributed by atoms with Gasteiger partial charge in [0, 0.05) is 19.8 Å². The molecular formula is C9H13N3O4S. The zero-order valence-electron chi connectivity index (χ0n) is 9.50. The lowest BCUT2D eigenvalue weighted by Crippen LogP contribution is -2.23. The first-order valence-corrected chi connectivity index (χ1v) is 6.47. The van der Waals surface area contributed by atoms with Gasteiger partial charge in [-0.25, -0.2) is 0 Å². The van der Waals surface area contributed by atoms with E-state index in [-0.39, 0.29) is 18.0 Å². The fourth-order valence-electron chi connectivity index (χ4n) is 1.09. The molecule has 8 heteroatoms. The lowest BCUT2D eigenvalue weighted by Gasteiger charge is -2.02. The van der Waals surface area contributed by atoms with Gasteiger partial charge < -0.3 is 9.50 Å². The number of aryl methyl sites for hydroxylation is 1. The number of rotatable bonds is 5. The maximum atomic E-state index is 11.6. The van der Waals surface area contributed by atoms with Crippen LogP contribution in [0.2, 0.25) is 0 Å². The topological polar surface area (TPSA) is 90.3 Å². The average molecular weight is 259 g/mol.